The molecule has 1 aliphatic rings. The molecule has 5 heteroatoms. The summed E-state index contributed by atoms with van der Waals surface area (Å²) in [7, 11) is 0. The molecule has 0 unspecified atom stereocenters. The molecule has 0 atom stereocenters. The highest BCUT2D eigenvalue weighted by molar-refractivity contribution is 6.07. The molecule has 1 amide bonds. The number of hydrogen-bond donors (Lipinski definition) is 2. The van der Waals surface area contributed by atoms with Crippen LogP contribution in [0.25, 0.3) is 0 Å². The average Bonchev–Trinajstić information content (AvgIpc) is 2.45. The molecule has 1 aliphatic heterocycles. The topological polar surface area (TPSA) is 69.6 Å². The summed E-state index contributed by atoms with van der Waals surface area (Å²) in [5.41, 5.74) is 1.73. The molecule has 20 heavy (non-hydrogen) atoms. The second-order valence-electron chi connectivity index (χ2n) is 4.56. The van der Waals surface area contributed by atoms with E-state index in [1.165, 1.54) is 13.0 Å². The van der Waals surface area contributed by atoms with Gasteiger partial charge in [-0.3, -0.25) is 14.8 Å². The number of hydrogen-bond acceptors (Lipinski definition) is 4. The summed E-state index contributed by atoms with van der Waals surface area (Å²) < 4.78 is 0. The third kappa shape index (κ3) is 2.78. The van der Waals surface area contributed by atoms with Crippen molar-refractivity contribution in [2.24, 2.45) is 0 Å². The monoisotopic (exact) mass is 272 g/mol. The Hall–Kier alpha value is -2.40. The zero-order valence-electron chi connectivity index (χ0n) is 11.4. The zero-order valence-corrected chi connectivity index (χ0v) is 11.4. The molecule has 0 bridgehead atoms. The lowest BCUT2D eigenvalue weighted by Crippen LogP contribution is -2.30. The van der Waals surface area contributed by atoms with E-state index in [4.69, 9.17) is 0 Å². The number of benzene rings is 1. The van der Waals surface area contributed by atoms with E-state index in [1.807, 2.05) is 6.92 Å². The Morgan fingerprint density at radius 2 is 1.90 bits per heavy atom. The molecule has 2 N–H and O–H groups in total. The molecular formula is C15H16N2O3. The number of rotatable bonds is 3. The maximum Gasteiger partial charge on any atom is 0.282 e. The van der Waals surface area contributed by atoms with Crippen molar-refractivity contribution in [2.45, 2.75) is 13.8 Å². The molecule has 104 valence electrons. The highest BCUT2D eigenvalue weighted by Crippen LogP contribution is 2.17. The van der Waals surface area contributed by atoms with E-state index in [-0.39, 0.29) is 11.3 Å². The molecule has 0 aromatic heterocycles. The van der Waals surface area contributed by atoms with Crippen LogP contribution in [0.4, 0.5) is 0 Å². The lowest BCUT2D eigenvalue weighted by molar-refractivity contribution is -0.0281. The SMILES string of the molecule is CC(=O)c1ccccc1C(=O)N(O)C1=CCNC(C)=C1. The van der Waals surface area contributed by atoms with Crippen LogP contribution in [0.1, 0.15) is 34.6 Å². The molecular weight excluding hydrogens is 256 g/mol. The van der Waals surface area contributed by atoms with Crippen LogP contribution in [0.2, 0.25) is 0 Å². The van der Waals surface area contributed by atoms with Gasteiger partial charge in [0.1, 0.15) is 0 Å². The lowest BCUT2D eigenvalue weighted by atomic mass is 10.0. The first-order chi connectivity index (χ1) is 9.50. The van der Waals surface area contributed by atoms with Crippen LogP contribution in [-0.4, -0.2) is 28.5 Å². The van der Waals surface area contributed by atoms with Gasteiger partial charge in [-0.25, -0.2) is 0 Å². The van der Waals surface area contributed by atoms with Gasteiger partial charge in [0, 0.05) is 17.8 Å². The van der Waals surface area contributed by atoms with Gasteiger partial charge in [0.25, 0.3) is 5.91 Å². The van der Waals surface area contributed by atoms with E-state index in [0.717, 1.165) is 5.70 Å². The quantitative estimate of drug-likeness (QED) is 0.502. The summed E-state index contributed by atoms with van der Waals surface area (Å²) in [6.45, 7) is 3.77. The summed E-state index contributed by atoms with van der Waals surface area (Å²) in [6, 6.07) is 6.44. The Bertz CT molecular complexity index is 617. The second-order valence-corrected chi connectivity index (χ2v) is 4.56. The van der Waals surface area contributed by atoms with Crippen molar-refractivity contribution >= 4 is 11.7 Å². The van der Waals surface area contributed by atoms with E-state index < -0.39 is 5.91 Å². The third-order valence-corrected chi connectivity index (χ3v) is 3.03. The molecule has 0 aliphatic carbocycles. The highest BCUT2D eigenvalue weighted by atomic mass is 16.5. The van der Waals surface area contributed by atoms with E-state index in [2.05, 4.69) is 5.32 Å². The number of carbonyl (C=O) groups excluding carboxylic acids is 2. The number of Topliss-reactive ketones (excluding diaryl/α,β-unsaturated/α-hetero) is 1. The van der Waals surface area contributed by atoms with Crippen molar-refractivity contribution in [3.63, 3.8) is 0 Å². The van der Waals surface area contributed by atoms with Crippen LogP contribution < -0.4 is 5.32 Å². The van der Waals surface area contributed by atoms with Crippen molar-refractivity contribution in [2.75, 3.05) is 6.54 Å². The summed E-state index contributed by atoms with van der Waals surface area (Å²) in [6.07, 6.45) is 3.36. The van der Waals surface area contributed by atoms with Crippen LogP contribution in [0, 0.1) is 0 Å². The van der Waals surface area contributed by atoms with Crippen LogP contribution in [0.5, 0.6) is 0 Å². The number of dihydropyridines is 1. The second kappa shape index (κ2) is 5.71. The summed E-state index contributed by atoms with van der Waals surface area (Å²) in [5, 5.41) is 13.7. The van der Waals surface area contributed by atoms with Crippen LogP contribution in [0.3, 0.4) is 0 Å². The molecule has 0 saturated heterocycles. The Morgan fingerprint density at radius 3 is 2.50 bits per heavy atom. The molecule has 1 aromatic rings. The van der Waals surface area contributed by atoms with Crippen molar-refractivity contribution in [1.29, 1.82) is 0 Å². The number of allylic oxidation sites excluding steroid dienone is 2. The minimum Gasteiger partial charge on any atom is -0.385 e. The fourth-order valence-corrected chi connectivity index (χ4v) is 2.00. The molecule has 1 heterocycles. The molecule has 2 rings (SSSR count). The Morgan fingerprint density at radius 1 is 1.25 bits per heavy atom. The Labute approximate surface area is 117 Å². The first kappa shape index (κ1) is 14.0. The van der Waals surface area contributed by atoms with Gasteiger partial charge in [-0.05, 0) is 32.1 Å². The number of amides is 1. The summed E-state index contributed by atoms with van der Waals surface area (Å²) in [5.74, 6) is -0.832. The number of nitrogens with zero attached hydrogens (tertiary/aromatic N) is 1. The van der Waals surface area contributed by atoms with E-state index >= 15 is 0 Å². The third-order valence-electron chi connectivity index (χ3n) is 3.03. The maximum absolute atomic E-state index is 12.3. The molecule has 5 nitrogen and oxygen atoms in total. The zero-order chi connectivity index (χ0) is 14.7. The van der Waals surface area contributed by atoms with Crippen molar-refractivity contribution < 1.29 is 14.8 Å². The summed E-state index contributed by atoms with van der Waals surface area (Å²) >= 11 is 0. The minimum atomic E-state index is -0.618. The number of nitrogens with one attached hydrogen (secondary N) is 1. The number of carbonyl (C=O) groups is 2. The smallest absolute Gasteiger partial charge is 0.282 e. The molecule has 0 spiro atoms. The fourth-order valence-electron chi connectivity index (χ4n) is 2.00. The van der Waals surface area contributed by atoms with Gasteiger partial charge < -0.3 is 5.32 Å². The largest absolute Gasteiger partial charge is 0.385 e. The highest BCUT2D eigenvalue weighted by Gasteiger charge is 2.21. The van der Waals surface area contributed by atoms with Crippen LogP contribution in [0.15, 0.2) is 47.8 Å². The predicted molar refractivity (Wildman–Crippen MR) is 74.2 cm³/mol. The standard InChI is InChI=1S/C15H16N2O3/c1-10-9-12(7-8-16-10)17(20)15(19)14-6-4-3-5-13(14)11(2)18/h3-7,9,16,20H,8H2,1-2H3. The fraction of sp³-hybridized carbons (Fsp3) is 0.200. The van der Waals surface area contributed by atoms with Gasteiger partial charge in [0.15, 0.2) is 5.78 Å². The van der Waals surface area contributed by atoms with Gasteiger partial charge in [-0.15, -0.1) is 0 Å². The van der Waals surface area contributed by atoms with Gasteiger partial charge in [0.2, 0.25) is 0 Å². The normalized spacial score (nSPS) is 13.9. The van der Waals surface area contributed by atoms with Crippen LogP contribution in [-0.2, 0) is 0 Å². The summed E-state index contributed by atoms with van der Waals surface area (Å²) in [4.78, 5) is 23.8. The van der Waals surface area contributed by atoms with Gasteiger partial charge in [-0.1, -0.05) is 18.2 Å². The maximum atomic E-state index is 12.3. The lowest BCUT2D eigenvalue weighted by Gasteiger charge is -2.21. The molecule has 0 fully saturated rings. The number of ketones is 1. The Kier molecular flexibility index (Phi) is 4.00. The van der Waals surface area contributed by atoms with E-state index in [1.54, 1.807) is 30.4 Å². The van der Waals surface area contributed by atoms with E-state index in [9.17, 15) is 14.8 Å². The van der Waals surface area contributed by atoms with Crippen molar-refractivity contribution in [3.8, 4) is 0 Å². The molecule has 0 saturated carbocycles. The van der Waals surface area contributed by atoms with Gasteiger partial charge >= 0.3 is 0 Å². The molecule has 1 aromatic carbocycles. The van der Waals surface area contributed by atoms with Gasteiger partial charge in [0.05, 0.1) is 11.3 Å². The van der Waals surface area contributed by atoms with Crippen molar-refractivity contribution in [3.05, 3.63) is 58.9 Å². The minimum absolute atomic E-state index is 0.188. The van der Waals surface area contributed by atoms with Crippen LogP contribution >= 0.6 is 0 Å². The van der Waals surface area contributed by atoms with Crippen molar-refractivity contribution in [1.82, 2.24) is 10.4 Å². The molecule has 0 radical (unpaired) electrons. The first-order valence-corrected chi connectivity index (χ1v) is 6.26. The first-order valence-electron chi connectivity index (χ1n) is 6.26. The average molecular weight is 272 g/mol. The van der Waals surface area contributed by atoms with Gasteiger partial charge in [-0.2, -0.15) is 5.06 Å². The number of hydroxylamine groups is 2. The van der Waals surface area contributed by atoms with E-state index in [0.29, 0.717) is 22.9 Å². The predicted octanol–water partition coefficient (Wildman–Crippen LogP) is 2.11. The Balaban J connectivity index is 2.32.